The minimum atomic E-state index is -0.0688. The van der Waals surface area contributed by atoms with Gasteiger partial charge in [-0.15, -0.1) is 11.3 Å². The van der Waals surface area contributed by atoms with Crippen molar-refractivity contribution >= 4 is 62.5 Å². The predicted molar refractivity (Wildman–Crippen MR) is 152 cm³/mol. The number of nitrogens with zero attached hydrogens (tertiary/aromatic N) is 3. The van der Waals surface area contributed by atoms with E-state index in [-0.39, 0.29) is 11.4 Å². The first-order valence-corrected chi connectivity index (χ1v) is 14.5. The highest BCUT2D eigenvalue weighted by molar-refractivity contribution is 7.16. The number of piperidine rings is 1. The van der Waals surface area contributed by atoms with Crippen LogP contribution in [0.5, 0.6) is 0 Å². The molecule has 9 heteroatoms. The summed E-state index contributed by atoms with van der Waals surface area (Å²) in [5.41, 5.74) is 6.24. The molecule has 2 amide bonds. The summed E-state index contributed by atoms with van der Waals surface area (Å²) in [6.45, 7) is 5.71. The van der Waals surface area contributed by atoms with Crippen LogP contribution in [0.1, 0.15) is 30.4 Å². The van der Waals surface area contributed by atoms with Gasteiger partial charge >= 0.3 is 6.03 Å². The fourth-order valence-corrected chi connectivity index (χ4v) is 6.90. The van der Waals surface area contributed by atoms with Gasteiger partial charge in [0.2, 0.25) is 0 Å². The Bertz CT molecular complexity index is 1330. The third-order valence-electron chi connectivity index (χ3n) is 8.00. The molecule has 6 rings (SSSR count). The number of nitrogens with one attached hydrogen (secondary N) is 1. The van der Waals surface area contributed by atoms with Crippen molar-refractivity contribution in [3.8, 4) is 0 Å². The van der Waals surface area contributed by atoms with Crippen LogP contribution >= 0.6 is 34.5 Å². The van der Waals surface area contributed by atoms with Crippen LogP contribution in [-0.4, -0.2) is 61.9 Å². The maximum Gasteiger partial charge on any atom is 0.321 e. The fourth-order valence-electron chi connectivity index (χ4n) is 5.91. The smallest absolute Gasteiger partial charge is 0.321 e. The predicted octanol–water partition coefficient (Wildman–Crippen LogP) is 6.22. The SMILES string of the molecule is O=C(NCC1CCOC1)N1CC2(CCN(CC=Cc3ccc(Cl)c(Cl)c3)CC2)c2c1ccc1scnc21. The monoisotopic (exact) mass is 556 g/mol. The third-order valence-corrected chi connectivity index (χ3v) is 9.54. The van der Waals surface area contributed by atoms with Gasteiger partial charge in [-0.3, -0.25) is 9.80 Å². The summed E-state index contributed by atoms with van der Waals surface area (Å²) in [6.07, 6.45) is 7.29. The molecule has 3 aliphatic rings. The molecule has 0 radical (unpaired) electrons. The van der Waals surface area contributed by atoms with Crippen LogP contribution in [-0.2, 0) is 10.2 Å². The van der Waals surface area contributed by atoms with Gasteiger partial charge in [-0.2, -0.15) is 0 Å². The number of urea groups is 1. The summed E-state index contributed by atoms with van der Waals surface area (Å²) in [4.78, 5) is 22.6. The van der Waals surface area contributed by atoms with Crippen LogP contribution < -0.4 is 10.2 Å². The Hall–Kier alpha value is -2.16. The highest BCUT2D eigenvalue weighted by Gasteiger charge is 2.48. The van der Waals surface area contributed by atoms with Gasteiger partial charge in [0.1, 0.15) is 0 Å². The van der Waals surface area contributed by atoms with Crippen LogP contribution in [0.4, 0.5) is 10.5 Å². The fraction of sp³-hybridized carbons (Fsp3) is 0.429. The highest BCUT2D eigenvalue weighted by atomic mass is 35.5. The number of anilines is 1. The van der Waals surface area contributed by atoms with Gasteiger partial charge in [-0.25, -0.2) is 9.78 Å². The molecule has 4 heterocycles. The number of benzene rings is 2. The average Bonchev–Trinajstić information content (AvgIpc) is 3.65. The van der Waals surface area contributed by atoms with Gasteiger partial charge in [0.15, 0.2) is 0 Å². The van der Waals surface area contributed by atoms with E-state index in [0.717, 1.165) is 68.9 Å². The molecule has 0 aliphatic carbocycles. The standard InChI is InChI=1S/C28H30Cl2N4O2S/c29-21-4-3-19(14-22(21)30)2-1-10-33-11-8-28(9-12-33)17-34(27(35)31-15-20-7-13-36-16-20)23-5-6-24-26(25(23)28)32-18-37-24/h1-6,14,18,20H,7-13,15-17H2,(H,31,35). The van der Waals surface area contributed by atoms with E-state index in [1.54, 1.807) is 11.3 Å². The van der Waals surface area contributed by atoms with Gasteiger partial charge < -0.3 is 10.1 Å². The van der Waals surface area contributed by atoms with E-state index in [4.69, 9.17) is 32.9 Å². The molecule has 1 unspecified atom stereocenters. The molecule has 2 fully saturated rings. The Morgan fingerprint density at radius 3 is 2.86 bits per heavy atom. The van der Waals surface area contributed by atoms with E-state index in [1.807, 2.05) is 28.6 Å². The molecule has 3 aliphatic heterocycles. The number of likely N-dealkylation sites (tertiary alicyclic amines) is 1. The van der Waals surface area contributed by atoms with E-state index in [2.05, 4.69) is 34.5 Å². The van der Waals surface area contributed by atoms with Gasteiger partial charge in [0, 0.05) is 43.1 Å². The summed E-state index contributed by atoms with van der Waals surface area (Å²) in [5, 5.41) is 4.33. The first-order valence-electron chi connectivity index (χ1n) is 12.9. The normalized spacial score (nSPS) is 21.4. The zero-order chi connectivity index (χ0) is 25.4. The van der Waals surface area contributed by atoms with Crippen LogP contribution in [0, 0.1) is 5.92 Å². The zero-order valence-corrected chi connectivity index (χ0v) is 22.9. The van der Waals surface area contributed by atoms with E-state index in [9.17, 15) is 4.79 Å². The molecule has 3 aromatic rings. The Morgan fingerprint density at radius 2 is 2.08 bits per heavy atom. The summed E-state index contributed by atoms with van der Waals surface area (Å²) in [7, 11) is 0. The summed E-state index contributed by atoms with van der Waals surface area (Å²) < 4.78 is 6.67. The lowest BCUT2D eigenvalue weighted by atomic mass is 9.74. The van der Waals surface area contributed by atoms with Crippen molar-refractivity contribution in [2.75, 3.05) is 50.8 Å². The molecule has 6 nitrogen and oxygen atoms in total. The molecule has 2 saturated heterocycles. The summed E-state index contributed by atoms with van der Waals surface area (Å²) in [6, 6.07) is 9.91. The van der Waals surface area contributed by atoms with Crippen molar-refractivity contribution in [3.63, 3.8) is 0 Å². The second kappa shape index (κ2) is 10.5. The molecule has 1 atom stereocenters. The van der Waals surface area contributed by atoms with Gasteiger partial charge in [0.05, 0.1) is 38.1 Å². The van der Waals surface area contributed by atoms with Crippen LogP contribution in [0.25, 0.3) is 16.3 Å². The van der Waals surface area contributed by atoms with Crippen molar-refractivity contribution in [1.82, 2.24) is 15.2 Å². The second-order valence-corrected chi connectivity index (χ2v) is 12.0. The number of rotatable bonds is 5. The lowest BCUT2D eigenvalue weighted by Crippen LogP contribution is -2.48. The van der Waals surface area contributed by atoms with Crippen molar-refractivity contribution in [1.29, 1.82) is 0 Å². The van der Waals surface area contributed by atoms with Crippen molar-refractivity contribution in [3.05, 3.63) is 63.1 Å². The summed E-state index contributed by atoms with van der Waals surface area (Å²) >= 11 is 13.9. The number of fused-ring (bicyclic) bond motifs is 4. The van der Waals surface area contributed by atoms with Crippen LogP contribution in [0.2, 0.25) is 10.0 Å². The highest BCUT2D eigenvalue weighted by Crippen LogP contribution is 2.50. The number of aromatic nitrogens is 1. The van der Waals surface area contributed by atoms with Crippen LogP contribution in [0.3, 0.4) is 0 Å². The maximum absolute atomic E-state index is 13.4. The number of hydrogen-bond donors (Lipinski definition) is 1. The second-order valence-electron chi connectivity index (χ2n) is 10.3. The molecular formula is C28H30Cl2N4O2S. The lowest BCUT2D eigenvalue weighted by molar-refractivity contribution is 0.180. The van der Waals surface area contributed by atoms with E-state index in [1.165, 1.54) is 10.3 Å². The molecule has 1 N–H and O–H groups in total. The molecule has 194 valence electrons. The number of carbonyl (C=O) groups excluding carboxylic acids is 1. The molecule has 1 spiro atoms. The zero-order valence-electron chi connectivity index (χ0n) is 20.6. The minimum absolute atomic E-state index is 0.00778. The Balaban J connectivity index is 1.17. The maximum atomic E-state index is 13.4. The molecule has 0 saturated carbocycles. The van der Waals surface area contributed by atoms with E-state index >= 15 is 0 Å². The number of thiazole rings is 1. The van der Waals surface area contributed by atoms with Crippen LogP contribution in [0.15, 0.2) is 41.9 Å². The lowest BCUT2D eigenvalue weighted by Gasteiger charge is -2.39. The van der Waals surface area contributed by atoms with Crippen molar-refractivity contribution < 1.29 is 9.53 Å². The molecule has 2 aromatic carbocycles. The first-order chi connectivity index (χ1) is 18.0. The minimum Gasteiger partial charge on any atom is -0.381 e. The number of amides is 2. The third kappa shape index (κ3) is 5.00. The largest absolute Gasteiger partial charge is 0.381 e. The van der Waals surface area contributed by atoms with Gasteiger partial charge in [-0.05, 0) is 62.2 Å². The Labute approximate surface area is 231 Å². The topological polar surface area (TPSA) is 57.7 Å². The average molecular weight is 558 g/mol. The van der Waals surface area contributed by atoms with Gasteiger partial charge in [-0.1, -0.05) is 41.4 Å². The summed E-state index contributed by atoms with van der Waals surface area (Å²) in [5.74, 6) is 0.404. The van der Waals surface area contributed by atoms with Crippen molar-refractivity contribution in [2.45, 2.75) is 24.7 Å². The van der Waals surface area contributed by atoms with E-state index in [0.29, 0.717) is 29.1 Å². The molecular weight excluding hydrogens is 527 g/mol. The van der Waals surface area contributed by atoms with Gasteiger partial charge in [0.25, 0.3) is 0 Å². The molecule has 0 bridgehead atoms. The first kappa shape index (κ1) is 25.1. The Morgan fingerprint density at radius 1 is 1.22 bits per heavy atom. The molecule has 37 heavy (non-hydrogen) atoms. The number of carbonyl (C=O) groups is 1. The number of hydrogen-bond acceptors (Lipinski definition) is 5. The molecule has 1 aromatic heterocycles. The quantitative estimate of drug-likeness (QED) is 0.405. The number of halogens is 2. The van der Waals surface area contributed by atoms with E-state index < -0.39 is 0 Å². The van der Waals surface area contributed by atoms with Crippen molar-refractivity contribution in [2.24, 2.45) is 5.92 Å². The number of ether oxygens (including phenoxy) is 1. The Kier molecular flexibility index (Phi) is 7.16.